The monoisotopic (exact) mass is 220 g/mol. The largest absolute Gasteiger partial charge is 0.492 e. The van der Waals surface area contributed by atoms with Crippen molar-refractivity contribution in [2.75, 3.05) is 6.61 Å². The first-order valence-electron chi connectivity index (χ1n) is 5.62. The molecule has 1 aromatic carbocycles. The molecule has 1 heterocycles. The number of hydrogen-bond acceptors (Lipinski definition) is 3. The molecular weight excluding hydrogens is 203 g/mol. The summed E-state index contributed by atoms with van der Waals surface area (Å²) < 4.78 is 5.71. The standard InChI is InChI=1S/C12H17BO3/c1-4-8-5-9(13(14)15)6-10-11(8)16-7-12(10,2)3/h5-6,14-15H,4,7H2,1-3H3. The Bertz CT molecular complexity index is 413. The number of aryl methyl sites for hydroxylation is 1. The Kier molecular flexibility index (Phi) is 2.72. The van der Waals surface area contributed by atoms with Gasteiger partial charge in [-0.15, -0.1) is 0 Å². The van der Waals surface area contributed by atoms with Gasteiger partial charge >= 0.3 is 7.12 Å². The highest BCUT2D eigenvalue weighted by Crippen LogP contribution is 2.40. The molecule has 0 bridgehead atoms. The molecule has 1 aliphatic heterocycles. The van der Waals surface area contributed by atoms with Crippen LogP contribution in [0.3, 0.4) is 0 Å². The lowest BCUT2D eigenvalue weighted by atomic mass is 9.75. The lowest BCUT2D eigenvalue weighted by molar-refractivity contribution is 0.289. The molecule has 1 aliphatic rings. The zero-order chi connectivity index (χ0) is 11.9. The van der Waals surface area contributed by atoms with Gasteiger partial charge in [0, 0.05) is 11.0 Å². The predicted octanol–water partition coefficient (Wildman–Crippen LogP) is 0.599. The molecule has 86 valence electrons. The summed E-state index contributed by atoms with van der Waals surface area (Å²) in [6.45, 7) is 6.90. The van der Waals surface area contributed by atoms with E-state index in [4.69, 9.17) is 4.74 Å². The quantitative estimate of drug-likeness (QED) is 0.717. The van der Waals surface area contributed by atoms with E-state index in [1.165, 1.54) is 0 Å². The van der Waals surface area contributed by atoms with Crippen LogP contribution in [-0.4, -0.2) is 23.8 Å². The minimum Gasteiger partial charge on any atom is -0.492 e. The number of hydrogen-bond donors (Lipinski definition) is 2. The Hall–Kier alpha value is -0.995. The van der Waals surface area contributed by atoms with Gasteiger partial charge in [-0.2, -0.15) is 0 Å². The molecule has 16 heavy (non-hydrogen) atoms. The van der Waals surface area contributed by atoms with Crippen LogP contribution in [0.15, 0.2) is 12.1 Å². The molecule has 2 N–H and O–H groups in total. The summed E-state index contributed by atoms with van der Waals surface area (Å²) in [6.07, 6.45) is 0.832. The first-order valence-corrected chi connectivity index (χ1v) is 5.62. The van der Waals surface area contributed by atoms with Crippen molar-refractivity contribution in [2.45, 2.75) is 32.6 Å². The second kappa shape index (κ2) is 3.79. The Morgan fingerprint density at radius 3 is 2.62 bits per heavy atom. The molecule has 0 saturated carbocycles. The Morgan fingerprint density at radius 1 is 1.38 bits per heavy atom. The summed E-state index contributed by atoms with van der Waals surface area (Å²) in [5, 5.41) is 18.5. The molecule has 0 radical (unpaired) electrons. The fraction of sp³-hybridized carbons (Fsp3) is 0.500. The van der Waals surface area contributed by atoms with Crippen LogP contribution in [-0.2, 0) is 11.8 Å². The predicted molar refractivity (Wildman–Crippen MR) is 64.2 cm³/mol. The van der Waals surface area contributed by atoms with Crippen LogP contribution >= 0.6 is 0 Å². The molecule has 0 fully saturated rings. The molecule has 2 rings (SSSR count). The van der Waals surface area contributed by atoms with Gasteiger partial charge < -0.3 is 14.8 Å². The molecule has 4 heteroatoms. The van der Waals surface area contributed by atoms with Crippen molar-refractivity contribution in [3.63, 3.8) is 0 Å². The van der Waals surface area contributed by atoms with E-state index in [0.29, 0.717) is 12.1 Å². The lowest BCUT2D eigenvalue weighted by Gasteiger charge is -2.16. The zero-order valence-corrected chi connectivity index (χ0v) is 9.95. The second-order valence-corrected chi connectivity index (χ2v) is 4.96. The average Bonchev–Trinajstić information content (AvgIpc) is 2.54. The maximum atomic E-state index is 9.26. The van der Waals surface area contributed by atoms with Crippen LogP contribution in [0.2, 0.25) is 0 Å². The zero-order valence-electron chi connectivity index (χ0n) is 9.95. The topological polar surface area (TPSA) is 49.7 Å². The molecule has 0 saturated heterocycles. The van der Waals surface area contributed by atoms with Gasteiger partial charge in [-0.1, -0.05) is 32.9 Å². The van der Waals surface area contributed by atoms with Crippen molar-refractivity contribution in [3.05, 3.63) is 23.3 Å². The summed E-state index contributed by atoms with van der Waals surface area (Å²) in [7, 11) is -1.41. The fourth-order valence-electron chi connectivity index (χ4n) is 2.13. The summed E-state index contributed by atoms with van der Waals surface area (Å²) in [4.78, 5) is 0. The maximum Gasteiger partial charge on any atom is 0.488 e. The molecule has 0 aliphatic carbocycles. The van der Waals surface area contributed by atoms with Gasteiger partial charge in [-0.3, -0.25) is 0 Å². The van der Waals surface area contributed by atoms with E-state index in [1.807, 2.05) is 19.1 Å². The third kappa shape index (κ3) is 1.72. The molecule has 0 amide bonds. The minimum atomic E-state index is -1.41. The van der Waals surface area contributed by atoms with E-state index in [1.54, 1.807) is 0 Å². The van der Waals surface area contributed by atoms with Gasteiger partial charge in [0.2, 0.25) is 0 Å². The van der Waals surface area contributed by atoms with Gasteiger partial charge in [0.15, 0.2) is 0 Å². The molecule has 3 nitrogen and oxygen atoms in total. The average molecular weight is 220 g/mol. The number of fused-ring (bicyclic) bond motifs is 1. The van der Waals surface area contributed by atoms with Gasteiger partial charge in [-0.05, 0) is 17.4 Å². The van der Waals surface area contributed by atoms with Crippen molar-refractivity contribution in [1.29, 1.82) is 0 Å². The van der Waals surface area contributed by atoms with E-state index >= 15 is 0 Å². The van der Waals surface area contributed by atoms with Gasteiger partial charge in [0.05, 0.1) is 6.61 Å². The highest BCUT2D eigenvalue weighted by molar-refractivity contribution is 6.58. The summed E-state index contributed by atoms with van der Waals surface area (Å²) in [5.41, 5.74) is 2.62. The summed E-state index contributed by atoms with van der Waals surface area (Å²) >= 11 is 0. The first-order chi connectivity index (χ1) is 7.45. The molecular formula is C12H17BO3. The van der Waals surface area contributed by atoms with Crippen LogP contribution in [0.1, 0.15) is 31.9 Å². The number of benzene rings is 1. The van der Waals surface area contributed by atoms with E-state index in [2.05, 4.69) is 13.8 Å². The molecule has 0 aromatic heterocycles. The van der Waals surface area contributed by atoms with E-state index in [0.717, 1.165) is 23.3 Å². The molecule has 0 unspecified atom stereocenters. The molecule has 0 atom stereocenters. The number of ether oxygens (including phenoxy) is 1. The van der Waals surface area contributed by atoms with Gasteiger partial charge in [0.1, 0.15) is 5.75 Å². The van der Waals surface area contributed by atoms with Crippen LogP contribution < -0.4 is 10.2 Å². The Morgan fingerprint density at radius 2 is 2.06 bits per heavy atom. The van der Waals surface area contributed by atoms with E-state index in [9.17, 15) is 10.0 Å². The van der Waals surface area contributed by atoms with Crippen molar-refractivity contribution in [3.8, 4) is 5.75 Å². The smallest absolute Gasteiger partial charge is 0.488 e. The highest BCUT2D eigenvalue weighted by Gasteiger charge is 2.34. The van der Waals surface area contributed by atoms with Crippen molar-refractivity contribution in [1.82, 2.24) is 0 Å². The van der Waals surface area contributed by atoms with Crippen molar-refractivity contribution < 1.29 is 14.8 Å². The van der Waals surface area contributed by atoms with Gasteiger partial charge in [-0.25, -0.2) is 0 Å². The van der Waals surface area contributed by atoms with Gasteiger partial charge in [0.25, 0.3) is 0 Å². The maximum absolute atomic E-state index is 9.26. The third-order valence-electron chi connectivity index (χ3n) is 3.17. The Labute approximate surface area is 96.2 Å². The normalized spacial score (nSPS) is 16.8. The van der Waals surface area contributed by atoms with E-state index in [-0.39, 0.29) is 5.41 Å². The molecule has 1 aromatic rings. The SMILES string of the molecule is CCc1cc(B(O)O)cc2c1OCC2(C)C. The van der Waals surface area contributed by atoms with Crippen LogP contribution in [0.25, 0.3) is 0 Å². The van der Waals surface area contributed by atoms with Crippen LogP contribution in [0.4, 0.5) is 0 Å². The Balaban J connectivity index is 2.59. The third-order valence-corrected chi connectivity index (χ3v) is 3.17. The fourth-order valence-corrected chi connectivity index (χ4v) is 2.13. The first kappa shape index (κ1) is 11.5. The van der Waals surface area contributed by atoms with Crippen molar-refractivity contribution in [2.24, 2.45) is 0 Å². The molecule has 0 spiro atoms. The van der Waals surface area contributed by atoms with Crippen LogP contribution in [0, 0.1) is 0 Å². The highest BCUT2D eigenvalue weighted by atomic mass is 16.5. The number of rotatable bonds is 2. The van der Waals surface area contributed by atoms with E-state index < -0.39 is 7.12 Å². The minimum absolute atomic E-state index is 0.0514. The lowest BCUT2D eigenvalue weighted by Crippen LogP contribution is -2.31. The summed E-state index contributed by atoms with van der Waals surface area (Å²) in [5.74, 6) is 0.928. The summed E-state index contributed by atoms with van der Waals surface area (Å²) in [6, 6.07) is 3.65. The second-order valence-electron chi connectivity index (χ2n) is 4.96. The van der Waals surface area contributed by atoms with Crippen LogP contribution in [0.5, 0.6) is 5.75 Å². The van der Waals surface area contributed by atoms with Crippen molar-refractivity contribution >= 4 is 12.6 Å².